The summed E-state index contributed by atoms with van der Waals surface area (Å²) >= 11 is 13.0. The molecule has 0 aliphatic carbocycles. The van der Waals surface area contributed by atoms with Crippen molar-refractivity contribution in [3.05, 3.63) is 65.1 Å². The Balaban J connectivity index is 2.55. The Morgan fingerprint density at radius 3 is 2.38 bits per heavy atom. The van der Waals surface area contributed by atoms with Gasteiger partial charge in [-0.1, -0.05) is 60.8 Å². The van der Waals surface area contributed by atoms with Gasteiger partial charge >= 0.3 is 0 Å². The van der Waals surface area contributed by atoms with Crippen molar-refractivity contribution in [2.24, 2.45) is 0 Å². The number of thiocarbonyl (C=S) groups is 1. The molecule has 0 unspecified atom stereocenters. The molecule has 0 heterocycles. The summed E-state index contributed by atoms with van der Waals surface area (Å²) in [5, 5.41) is 0. The summed E-state index contributed by atoms with van der Waals surface area (Å²) in [4.78, 5) is 0.790. The highest BCUT2D eigenvalue weighted by Crippen LogP contribution is 2.06. The molecule has 1 aromatic rings. The average Bonchev–Trinajstić information content (AvgIpc) is 2.25. The van der Waals surface area contributed by atoms with Crippen molar-refractivity contribution < 1.29 is 0 Å². The van der Waals surface area contributed by atoms with Gasteiger partial charge in [0.1, 0.15) is 0 Å². The van der Waals surface area contributed by atoms with Gasteiger partial charge in [0.15, 0.2) is 0 Å². The molecule has 16 heavy (non-hydrogen) atoms. The first-order valence-electron chi connectivity index (χ1n) is 4.72. The number of hydrogen-bond donors (Lipinski definition) is 2. The van der Waals surface area contributed by atoms with Crippen LogP contribution in [0.2, 0.25) is 0 Å². The molecule has 0 atom stereocenters. The standard InChI is InChI=1S/C13H12S3/c14-12(10-13(15)16)9-5-4-8-11-6-2-1-3-7-11/h1-10,14H,(H,15,16)/b8-4+,9-5+,12-10-. The first kappa shape index (κ1) is 13.3. The van der Waals surface area contributed by atoms with Crippen molar-refractivity contribution in [3.63, 3.8) is 0 Å². The third-order valence-electron chi connectivity index (χ3n) is 1.74. The molecule has 1 rings (SSSR count). The van der Waals surface area contributed by atoms with Gasteiger partial charge in [0.05, 0.1) is 4.20 Å². The van der Waals surface area contributed by atoms with Gasteiger partial charge in [-0.05, 0) is 17.7 Å². The van der Waals surface area contributed by atoms with Gasteiger partial charge in [0.2, 0.25) is 0 Å². The molecule has 0 amide bonds. The number of allylic oxidation sites excluding steroid dienone is 3. The maximum Gasteiger partial charge on any atom is 0.0686 e. The predicted octanol–water partition coefficient (Wildman–Crippen LogP) is 4.33. The first-order chi connectivity index (χ1) is 7.68. The zero-order chi connectivity index (χ0) is 11.8. The van der Waals surface area contributed by atoms with Crippen LogP contribution in [0.15, 0.2) is 59.5 Å². The molecule has 0 aromatic heterocycles. The average molecular weight is 264 g/mol. The molecule has 0 spiro atoms. The van der Waals surface area contributed by atoms with E-state index in [1.54, 1.807) is 6.08 Å². The Labute approximate surface area is 113 Å². The van der Waals surface area contributed by atoms with Gasteiger partial charge in [-0.3, -0.25) is 0 Å². The second-order valence-corrected chi connectivity index (χ2v) is 4.78. The Kier molecular flexibility index (Phi) is 6.23. The lowest BCUT2D eigenvalue weighted by Crippen LogP contribution is -1.73. The number of hydrogen-bond acceptors (Lipinski definition) is 2. The lowest BCUT2D eigenvalue weighted by molar-refractivity contribution is 1.66. The summed E-state index contributed by atoms with van der Waals surface area (Å²) < 4.78 is 0.529. The van der Waals surface area contributed by atoms with E-state index < -0.39 is 0 Å². The zero-order valence-corrected chi connectivity index (χ0v) is 11.2. The molecule has 82 valence electrons. The normalized spacial score (nSPS) is 12.5. The van der Waals surface area contributed by atoms with E-state index in [1.165, 1.54) is 5.56 Å². The third kappa shape index (κ3) is 5.95. The van der Waals surface area contributed by atoms with Crippen LogP contribution in [0.1, 0.15) is 5.56 Å². The van der Waals surface area contributed by atoms with Crippen LogP contribution in [0.25, 0.3) is 6.08 Å². The molecule has 0 fully saturated rings. The maximum atomic E-state index is 4.81. The molecule has 3 heteroatoms. The van der Waals surface area contributed by atoms with Crippen molar-refractivity contribution in [3.8, 4) is 0 Å². The molecule has 0 radical (unpaired) electrons. The Hall–Kier alpha value is -0.770. The third-order valence-corrected chi connectivity index (χ3v) is 2.26. The van der Waals surface area contributed by atoms with Crippen LogP contribution in [0.3, 0.4) is 0 Å². The van der Waals surface area contributed by atoms with Crippen LogP contribution < -0.4 is 0 Å². The number of thiol groups is 2. The van der Waals surface area contributed by atoms with Gasteiger partial charge < -0.3 is 0 Å². The summed E-state index contributed by atoms with van der Waals surface area (Å²) in [6.45, 7) is 0. The molecular formula is C13H12S3. The van der Waals surface area contributed by atoms with Gasteiger partial charge in [0.25, 0.3) is 0 Å². The molecule has 0 aliphatic rings. The minimum absolute atomic E-state index is 0.529. The Morgan fingerprint density at radius 2 is 1.75 bits per heavy atom. The van der Waals surface area contributed by atoms with Crippen molar-refractivity contribution >= 4 is 47.7 Å². The molecule has 0 N–H and O–H groups in total. The minimum atomic E-state index is 0.529. The van der Waals surface area contributed by atoms with E-state index in [4.69, 9.17) is 12.2 Å². The van der Waals surface area contributed by atoms with Crippen LogP contribution in [0.4, 0.5) is 0 Å². The van der Waals surface area contributed by atoms with Crippen LogP contribution >= 0.6 is 37.5 Å². The number of rotatable bonds is 4. The predicted molar refractivity (Wildman–Crippen MR) is 83.3 cm³/mol. The van der Waals surface area contributed by atoms with Gasteiger partial charge in [-0.15, -0.1) is 25.3 Å². The Morgan fingerprint density at radius 1 is 1.06 bits per heavy atom. The van der Waals surface area contributed by atoms with E-state index in [0.29, 0.717) is 4.20 Å². The highest BCUT2D eigenvalue weighted by atomic mass is 32.1. The lowest BCUT2D eigenvalue weighted by Gasteiger charge is -1.89. The molecule has 1 aromatic carbocycles. The topological polar surface area (TPSA) is 0 Å². The summed E-state index contributed by atoms with van der Waals surface area (Å²) in [5.74, 6) is 0. The van der Waals surface area contributed by atoms with E-state index >= 15 is 0 Å². The quantitative estimate of drug-likeness (QED) is 0.353. The number of benzene rings is 1. The highest BCUT2D eigenvalue weighted by Gasteiger charge is 1.84. The van der Waals surface area contributed by atoms with Crippen LogP contribution in [-0.4, -0.2) is 4.20 Å². The van der Waals surface area contributed by atoms with E-state index in [-0.39, 0.29) is 0 Å². The summed E-state index contributed by atoms with van der Waals surface area (Å²) in [5.41, 5.74) is 1.17. The SMILES string of the molecule is S=C(S)/C=C(S)/C=C/C=C/c1ccccc1. The molecule has 0 bridgehead atoms. The molecular weight excluding hydrogens is 252 g/mol. The molecule has 0 aliphatic heterocycles. The second kappa shape index (κ2) is 7.49. The first-order valence-corrected chi connectivity index (χ1v) is 6.02. The largest absolute Gasteiger partial charge is 0.143 e. The van der Waals surface area contributed by atoms with Crippen molar-refractivity contribution in [2.45, 2.75) is 0 Å². The van der Waals surface area contributed by atoms with E-state index in [9.17, 15) is 0 Å². The summed E-state index contributed by atoms with van der Waals surface area (Å²) in [6.07, 6.45) is 9.48. The van der Waals surface area contributed by atoms with Crippen molar-refractivity contribution in [1.82, 2.24) is 0 Å². The van der Waals surface area contributed by atoms with Gasteiger partial charge in [-0.2, -0.15) is 0 Å². The van der Waals surface area contributed by atoms with Crippen LogP contribution in [0.5, 0.6) is 0 Å². The molecule has 0 saturated heterocycles. The summed E-state index contributed by atoms with van der Waals surface area (Å²) in [6, 6.07) is 10.1. The van der Waals surface area contributed by atoms with Gasteiger partial charge in [-0.25, -0.2) is 0 Å². The van der Waals surface area contributed by atoms with E-state index in [2.05, 4.69) is 25.3 Å². The van der Waals surface area contributed by atoms with E-state index in [0.717, 1.165) is 4.91 Å². The molecule has 0 nitrogen and oxygen atoms in total. The lowest BCUT2D eigenvalue weighted by atomic mass is 10.2. The fourth-order valence-corrected chi connectivity index (χ4v) is 1.73. The smallest absolute Gasteiger partial charge is 0.0686 e. The summed E-state index contributed by atoms with van der Waals surface area (Å²) in [7, 11) is 0. The van der Waals surface area contributed by atoms with Crippen LogP contribution in [0, 0.1) is 0 Å². The van der Waals surface area contributed by atoms with Crippen molar-refractivity contribution in [1.29, 1.82) is 0 Å². The fourth-order valence-electron chi connectivity index (χ4n) is 1.06. The fraction of sp³-hybridized carbons (Fsp3) is 0. The monoisotopic (exact) mass is 264 g/mol. The minimum Gasteiger partial charge on any atom is -0.143 e. The highest BCUT2D eigenvalue weighted by molar-refractivity contribution is 8.11. The van der Waals surface area contributed by atoms with Crippen molar-refractivity contribution in [2.75, 3.05) is 0 Å². The Bertz CT molecular complexity index is 428. The molecule has 0 saturated carbocycles. The zero-order valence-electron chi connectivity index (χ0n) is 8.58. The second-order valence-electron chi connectivity index (χ2n) is 3.04. The van der Waals surface area contributed by atoms with Gasteiger partial charge in [0, 0.05) is 4.91 Å². The van der Waals surface area contributed by atoms with Crippen LogP contribution in [-0.2, 0) is 0 Å². The van der Waals surface area contributed by atoms with E-state index in [1.807, 2.05) is 54.6 Å². The maximum absolute atomic E-state index is 4.81.